The Morgan fingerprint density at radius 1 is 1.19 bits per heavy atom. The van der Waals surface area contributed by atoms with Crippen LogP contribution >= 0.6 is 11.8 Å². The molecule has 4 nitrogen and oxygen atoms in total. The Balaban J connectivity index is 2.07. The van der Waals surface area contributed by atoms with Gasteiger partial charge in [-0.2, -0.15) is 11.8 Å². The normalized spacial score (nSPS) is 11.4. The fraction of sp³-hybridized carbons (Fsp3) is 0.188. The Kier molecular flexibility index (Phi) is 5.51. The summed E-state index contributed by atoms with van der Waals surface area (Å²) >= 11 is 1.79. The molecule has 0 atom stereocenters. The number of thioether (sulfide) groups is 1. The molecule has 0 radical (unpaired) electrons. The minimum atomic E-state index is 0.104. The van der Waals surface area contributed by atoms with Gasteiger partial charge < -0.3 is 15.7 Å². The molecule has 0 aliphatic heterocycles. The molecule has 0 saturated heterocycles. The molecule has 0 aliphatic carbocycles. The van der Waals surface area contributed by atoms with Gasteiger partial charge in [-0.05, 0) is 23.8 Å². The van der Waals surface area contributed by atoms with Crippen molar-refractivity contribution in [3.63, 3.8) is 0 Å². The van der Waals surface area contributed by atoms with E-state index in [-0.39, 0.29) is 5.84 Å². The van der Waals surface area contributed by atoms with Crippen LogP contribution in [0.25, 0.3) is 0 Å². The van der Waals surface area contributed by atoms with E-state index in [2.05, 4.69) is 17.3 Å². The van der Waals surface area contributed by atoms with Gasteiger partial charge in [0.1, 0.15) is 5.75 Å². The van der Waals surface area contributed by atoms with Crippen molar-refractivity contribution in [2.24, 2.45) is 10.9 Å². The highest BCUT2D eigenvalue weighted by atomic mass is 32.2. The van der Waals surface area contributed by atoms with Gasteiger partial charge in [-0.15, -0.1) is 0 Å². The van der Waals surface area contributed by atoms with Crippen molar-refractivity contribution >= 4 is 17.6 Å². The van der Waals surface area contributed by atoms with Gasteiger partial charge in [0.2, 0.25) is 0 Å². The van der Waals surface area contributed by atoms with E-state index in [9.17, 15) is 0 Å². The van der Waals surface area contributed by atoms with Crippen LogP contribution in [0.1, 0.15) is 16.7 Å². The molecule has 0 amide bonds. The number of methoxy groups -OCH3 is 1. The van der Waals surface area contributed by atoms with E-state index in [1.165, 1.54) is 5.56 Å². The number of hydrogen-bond donors (Lipinski definition) is 2. The molecule has 21 heavy (non-hydrogen) atoms. The van der Waals surface area contributed by atoms with Crippen LogP contribution in [0.3, 0.4) is 0 Å². The average Bonchev–Trinajstić information content (AvgIpc) is 2.55. The predicted octanol–water partition coefficient (Wildman–Crippen LogP) is 3.22. The summed E-state index contributed by atoms with van der Waals surface area (Å²) in [6, 6.07) is 15.8. The molecule has 2 rings (SSSR count). The van der Waals surface area contributed by atoms with Crippen molar-refractivity contribution in [1.82, 2.24) is 0 Å². The van der Waals surface area contributed by atoms with E-state index in [0.29, 0.717) is 5.56 Å². The van der Waals surface area contributed by atoms with Crippen molar-refractivity contribution in [2.75, 3.05) is 7.11 Å². The number of nitrogens with zero attached hydrogens (tertiary/aromatic N) is 1. The third kappa shape index (κ3) is 4.16. The van der Waals surface area contributed by atoms with E-state index < -0.39 is 0 Å². The van der Waals surface area contributed by atoms with Crippen LogP contribution in [-0.4, -0.2) is 18.2 Å². The highest BCUT2D eigenvalue weighted by Crippen LogP contribution is 2.26. The highest BCUT2D eigenvalue weighted by molar-refractivity contribution is 7.97. The lowest BCUT2D eigenvalue weighted by molar-refractivity contribution is 0.318. The topological polar surface area (TPSA) is 67.8 Å². The molecule has 0 spiro atoms. The summed E-state index contributed by atoms with van der Waals surface area (Å²) in [5, 5.41) is 11.8. The monoisotopic (exact) mass is 302 g/mol. The molecule has 0 heterocycles. The molecule has 0 aliphatic rings. The van der Waals surface area contributed by atoms with Crippen molar-refractivity contribution in [3.05, 3.63) is 65.2 Å². The van der Waals surface area contributed by atoms with E-state index in [4.69, 9.17) is 15.7 Å². The summed E-state index contributed by atoms with van der Waals surface area (Å²) in [6.07, 6.45) is 0. The van der Waals surface area contributed by atoms with Crippen molar-refractivity contribution < 1.29 is 9.94 Å². The second-order valence-corrected chi connectivity index (χ2v) is 5.48. The van der Waals surface area contributed by atoms with E-state index >= 15 is 0 Å². The van der Waals surface area contributed by atoms with E-state index in [1.807, 2.05) is 30.3 Å². The first-order valence-electron chi connectivity index (χ1n) is 6.51. The second kappa shape index (κ2) is 7.59. The van der Waals surface area contributed by atoms with Gasteiger partial charge in [-0.25, -0.2) is 0 Å². The molecule has 0 unspecified atom stereocenters. The minimum absolute atomic E-state index is 0.104. The molecule has 2 aromatic rings. The van der Waals surface area contributed by atoms with Crippen LogP contribution in [-0.2, 0) is 11.5 Å². The smallest absolute Gasteiger partial charge is 0.170 e. The minimum Gasteiger partial charge on any atom is -0.496 e. The number of oxime groups is 1. The molecule has 5 heteroatoms. The maximum absolute atomic E-state index is 8.76. The number of rotatable bonds is 6. The Bertz CT molecular complexity index is 615. The summed E-state index contributed by atoms with van der Waals surface area (Å²) in [5.41, 5.74) is 8.63. The zero-order chi connectivity index (χ0) is 15.1. The largest absolute Gasteiger partial charge is 0.496 e. The summed E-state index contributed by atoms with van der Waals surface area (Å²) in [6.45, 7) is 0. The molecular formula is C16H18N2O2S. The zero-order valence-corrected chi connectivity index (χ0v) is 12.6. The quantitative estimate of drug-likeness (QED) is 0.372. The molecule has 0 aromatic heterocycles. The fourth-order valence-electron chi connectivity index (χ4n) is 1.96. The van der Waals surface area contributed by atoms with Gasteiger partial charge in [0.05, 0.1) is 7.11 Å². The van der Waals surface area contributed by atoms with E-state index in [0.717, 1.165) is 22.8 Å². The molecule has 2 aromatic carbocycles. The van der Waals surface area contributed by atoms with E-state index in [1.54, 1.807) is 24.9 Å². The number of nitrogens with two attached hydrogens (primary N) is 1. The van der Waals surface area contributed by atoms with Crippen LogP contribution in [0.5, 0.6) is 5.75 Å². The SMILES string of the molecule is COc1ccc(/C(N)=N/O)cc1CSCc1ccccc1. The van der Waals surface area contributed by atoms with Crippen LogP contribution in [0.15, 0.2) is 53.7 Å². The van der Waals surface area contributed by atoms with Gasteiger partial charge in [-0.1, -0.05) is 35.5 Å². The Labute approximate surface area is 128 Å². The van der Waals surface area contributed by atoms with Crippen molar-refractivity contribution in [1.29, 1.82) is 0 Å². The van der Waals surface area contributed by atoms with Gasteiger partial charge >= 0.3 is 0 Å². The van der Waals surface area contributed by atoms with Crippen molar-refractivity contribution in [2.45, 2.75) is 11.5 Å². The van der Waals surface area contributed by atoms with Gasteiger partial charge in [0.25, 0.3) is 0 Å². The summed E-state index contributed by atoms with van der Waals surface area (Å²) < 4.78 is 5.36. The molecular weight excluding hydrogens is 284 g/mol. The lowest BCUT2D eigenvalue weighted by Gasteiger charge is -2.10. The van der Waals surface area contributed by atoms with Crippen LogP contribution in [0.4, 0.5) is 0 Å². The first kappa shape index (κ1) is 15.3. The Morgan fingerprint density at radius 3 is 2.62 bits per heavy atom. The number of amidine groups is 1. The van der Waals surface area contributed by atoms with Gasteiger partial charge in [-0.3, -0.25) is 0 Å². The number of hydrogen-bond acceptors (Lipinski definition) is 4. The first-order chi connectivity index (χ1) is 10.2. The van der Waals surface area contributed by atoms with Gasteiger partial charge in [0, 0.05) is 22.6 Å². The molecule has 110 valence electrons. The van der Waals surface area contributed by atoms with Gasteiger partial charge in [0.15, 0.2) is 5.84 Å². The summed E-state index contributed by atoms with van der Waals surface area (Å²) in [7, 11) is 1.64. The van der Waals surface area contributed by atoms with Crippen LogP contribution in [0.2, 0.25) is 0 Å². The number of benzene rings is 2. The standard InChI is InChI=1S/C16H18N2O2S/c1-20-15-8-7-13(16(17)18-19)9-14(15)11-21-10-12-5-3-2-4-6-12/h2-9,19H,10-11H2,1H3,(H2,17,18). The lowest BCUT2D eigenvalue weighted by Crippen LogP contribution is -2.13. The Morgan fingerprint density at radius 2 is 1.95 bits per heavy atom. The third-order valence-corrected chi connectivity index (χ3v) is 4.11. The maximum atomic E-state index is 8.76. The fourth-order valence-corrected chi connectivity index (χ4v) is 2.94. The maximum Gasteiger partial charge on any atom is 0.170 e. The third-order valence-electron chi connectivity index (χ3n) is 3.05. The van der Waals surface area contributed by atoms with Crippen LogP contribution in [0, 0.1) is 0 Å². The summed E-state index contributed by atoms with van der Waals surface area (Å²) in [4.78, 5) is 0. The second-order valence-electron chi connectivity index (χ2n) is 4.49. The molecule has 0 bridgehead atoms. The number of ether oxygens (including phenoxy) is 1. The average molecular weight is 302 g/mol. The molecule has 0 saturated carbocycles. The first-order valence-corrected chi connectivity index (χ1v) is 7.66. The van der Waals surface area contributed by atoms with Crippen LogP contribution < -0.4 is 10.5 Å². The van der Waals surface area contributed by atoms with Crippen molar-refractivity contribution in [3.8, 4) is 5.75 Å². The Hall–Kier alpha value is -2.14. The highest BCUT2D eigenvalue weighted by Gasteiger charge is 2.07. The summed E-state index contributed by atoms with van der Waals surface area (Å²) in [5.74, 6) is 2.64. The lowest BCUT2D eigenvalue weighted by atomic mass is 10.1. The predicted molar refractivity (Wildman–Crippen MR) is 86.9 cm³/mol. The zero-order valence-electron chi connectivity index (χ0n) is 11.8. The molecule has 0 fully saturated rings. The molecule has 3 N–H and O–H groups in total.